The first kappa shape index (κ1) is 13.8. The van der Waals surface area contributed by atoms with Gasteiger partial charge in [0.2, 0.25) is 0 Å². The monoisotopic (exact) mass is 279 g/mol. The third-order valence-electron chi connectivity index (χ3n) is 2.92. The molecule has 0 amide bonds. The molecule has 0 saturated carbocycles. The average Bonchev–Trinajstić information content (AvgIpc) is 2.40. The van der Waals surface area contributed by atoms with E-state index < -0.39 is 10.2 Å². The summed E-state index contributed by atoms with van der Waals surface area (Å²) in [4.78, 5) is 4.23. The Morgan fingerprint density at radius 3 is 2.53 bits per heavy atom. The van der Waals surface area contributed by atoms with Crippen LogP contribution in [0.5, 0.6) is 0 Å². The summed E-state index contributed by atoms with van der Waals surface area (Å²) in [6, 6.07) is 9.15. The molecule has 0 saturated heterocycles. The van der Waals surface area contributed by atoms with Crippen LogP contribution >= 0.6 is 0 Å². The smallest absolute Gasteiger partial charge is 0.269 e. The first-order chi connectivity index (χ1) is 9.08. The predicted molar refractivity (Wildman–Crippen MR) is 77.2 cm³/mol. The zero-order valence-corrected chi connectivity index (χ0v) is 11.8. The van der Waals surface area contributed by atoms with Crippen molar-refractivity contribution < 1.29 is 8.42 Å². The van der Waals surface area contributed by atoms with E-state index in [0.717, 1.165) is 5.39 Å². The molecule has 2 aromatic rings. The van der Waals surface area contributed by atoms with Gasteiger partial charge in [-0.2, -0.15) is 12.7 Å². The number of rotatable bonds is 5. The van der Waals surface area contributed by atoms with Crippen LogP contribution in [0.1, 0.15) is 13.8 Å². The molecule has 19 heavy (non-hydrogen) atoms. The van der Waals surface area contributed by atoms with Crippen LogP contribution in [0.3, 0.4) is 0 Å². The van der Waals surface area contributed by atoms with Crippen molar-refractivity contribution in [1.82, 2.24) is 9.29 Å². The van der Waals surface area contributed by atoms with Gasteiger partial charge in [-0.05, 0) is 12.1 Å². The number of aromatic nitrogens is 1. The maximum atomic E-state index is 12.2. The molecule has 0 atom stereocenters. The fourth-order valence-electron chi connectivity index (χ4n) is 1.95. The number of nitrogens with one attached hydrogen (secondary N) is 1. The third kappa shape index (κ3) is 2.85. The van der Waals surface area contributed by atoms with E-state index in [4.69, 9.17) is 0 Å². The van der Waals surface area contributed by atoms with Crippen molar-refractivity contribution in [3.8, 4) is 0 Å². The maximum absolute atomic E-state index is 12.2. The van der Waals surface area contributed by atoms with E-state index in [1.54, 1.807) is 12.3 Å². The number of hydrogen-bond donors (Lipinski definition) is 1. The van der Waals surface area contributed by atoms with Crippen LogP contribution in [0.25, 0.3) is 10.9 Å². The molecule has 6 heteroatoms. The fourth-order valence-corrected chi connectivity index (χ4v) is 3.21. The van der Waals surface area contributed by atoms with E-state index in [1.807, 2.05) is 38.1 Å². The van der Waals surface area contributed by atoms with Gasteiger partial charge in [-0.3, -0.25) is 9.71 Å². The Hall–Kier alpha value is -1.66. The quantitative estimate of drug-likeness (QED) is 0.913. The summed E-state index contributed by atoms with van der Waals surface area (Å²) >= 11 is 0. The van der Waals surface area contributed by atoms with Gasteiger partial charge in [0.05, 0.1) is 11.2 Å². The molecule has 1 N–H and O–H groups in total. The van der Waals surface area contributed by atoms with Crippen molar-refractivity contribution in [2.45, 2.75) is 13.8 Å². The average molecular weight is 279 g/mol. The van der Waals surface area contributed by atoms with E-state index in [2.05, 4.69) is 9.71 Å². The van der Waals surface area contributed by atoms with Crippen molar-refractivity contribution in [1.29, 1.82) is 0 Å². The van der Waals surface area contributed by atoms with Gasteiger partial charge in [0.1, 0.15) is 0 Å². The van der Waals surface area contributed by atoms with Gasteiger partial charge >= 0.3 is 10.2 Å². The minimum atomic E-state index is -3.52. The second kappa shape index (κ2) is 5.54. The molecular weight excluding hydrogens is 262 g/mol. The molecule has 0 radical (unpaired) electrons. The van der Waals surface area contributed by atoms with Gasteiger partial charge in [0, 0.05) is 24.7 Å². The van der Waals surface area contributed by atoms with Crippen LogP contribution in [0, 0.1) is 0 Å². The minimum Gasteiger partial charge on any atom is -0.269 e. The largest absolute Gasteiger partial charge is 0.301 e. The number of para-hydroxylation sites is 1. The third-order valence-corrected chi connectivity index (χ3v) is 4.59. The summed E-state index contributed by atoms with van der Waals surface area (Å²) < 4.78 is 28.4. The van der Waals surface area contributed by atoms with E-state index in [1.165, 1.54) is 4.31 Å². The molecule has 0 spiro atoms. The van der Waals surface area contributed by atoms with Crippen molar-refractivity contribution in [3.63, 3.8) is 0 Å². The fraction of sp³-hybridized carbons (Fsp3) is 0.308. The molecule has 1 aromatic heterocycles. The molecule has 0 unspecified atom stereocenters. The number of anilines is 1. The van der Waals surface area contributed by atoms with Gasteiger partial charge in [0.15, 0.2) is 0 Å². The standard InChI is InChI=1S/C13H17N3O2S/c1-3-16(4-2)19(17,18)15-12-9-5-7-11-8-6-10-14-13(11)12/h5-10,15H,3-4H2,1-2H3. The van der Waals surface area contributed by atoms with Gasteiger partial charge in [0.25, 0.3) is 0 Å². The zero-order chi connectivity index (χ0) is 13.9. The van der Waals surface area contributed by atoms with E-state index in [0.29, 0.717) is 24.3 Å². The van der Waals surface area contributed by atoms with E-state index >= 15 is 0 Å². The highest BCUT2D eigenvalue weighted by atomic mass is 32.2. The predicted octanol–water partition coefficient (Wildman–Crippen LogP) is 2.23. The van der Waals surface area contributed by atoms with Crippen LogP contribution in [0.2, 0.25) is 0 Å². The lowest BCUT2D eigenvalue weighted by molar-refractivity contribution is 0.449. The molecular formula is C13H17N3O2S. The highest BCUT2D eigenvalue weighted by molar-refractivity contribution is 7.90. The normalized spacial score (nSPS) is 11.9. The molecule has 5 nitrogen and oxygen atoms in total. The van der Waals surface area contributed by atoms with Crippen LogP contribution in [-0.4, -0.2) is 30.8 Å². The van der Waals surface area contributed by atoms with Crippen molar-refractivity contribution in [2.75, 3.05) is 17.8 Å². The Morgan fingerprint density at radius 2 is 1.84 bits per heavy atom. The molecule has 0 bridgehead atoms. The van der Waals surface area contributed by atoms with Crippen molar-refractivity contribution in [2.24, 2.45) is 0 Å². The summed E-state index contributed by atoms with van der Waals surface area (Å²) in [5.41, 5.74) is 1.16. The number of hydrogen-bond acceptors (Lipinski definition) is 3. The van der Waals surface area contributed by atoms with Crippen molar-refractivity contribution in [3.05, 3.63) is 36.5 Å². The SMILES string of the molecule is CCN(CC)S(=O)(=O)Nc1cccc2cccnc12. The Morgan fingerprint density at radius 1 is 1.16 bits per heavy atom. The number of fused-ring (bicyclic) bond motifs is 1. The Labute approximate surface area is 113 Å². The number of pyridine rings is 1. The Kier molecular flexibility index (Phi) is 4.01. The number of benzene rings is 1. The zero-order valence-electron chi connectivity index (χ0n) is 11.0. The van der Waals surface area contributed by atoms with E-state index in [-0.39, 0.29) is 0 Å². The van der Waals surface area contributed by atoms with Crippen LogP contribution in [-0.2, 0) is 10.2 Å². The van der Waals surface area contributed by atoms with Gasteiger partial charge in [-0.1, -0.05) is 32.0 Å². The molecule has 102 valence electrons. The first-order valence-corrected chi connectivity index (χ1v) is 7.64. The highest BCUT2D eigenvalue weighted by Gasteiger charge is 2.19. The maximum Gasteiger partial charge on any atom is 0.301 e. The second-order valence-electron chi connectivity index (χ2n) is 4.07. The molecule has 2 rings (SSSR count). The topological polar surface area (TPSA) is 62.3 Å². The molecule has 0 aliphatic carbocycles. The lowest BCUT2D eigenvalue weighted by Gasteiger charge is -2.19. The van der Waals surface area contributed by atoms with E-state index in [9.17, 15) is 8.42 Å². The molecule has 1 aromatic carbocycles. The van der Waals surface area contributed by atoms with Crippen LogP contribution in [0.15, 0.2) is 36.5 Å². The highest BCUT2D eigenvalue weighted by Crippen LogP contribution is 2.22. The molecule has 1 heterocycles. The van der Waals surface area contributed by atoms with Crippen LogP contribution < -0.4 is 4.72 Å². The van der Waals surface area contributed by atoms with Crippen LogP contribution in [0.4, 0.5) is 5.69 Å². The van der Waals surface area contributed by atoms with Gasteiger partial charge in [-0.25, -0.2) is 0 Å². The van der Waals surface area contributed by atoms with Gasteiger partial charge < -0.3 is 0 Å². The Balaban J connectivity index is 2.41. The second-order valence-corrected chi connectivity index (χ2v) is 5.74. The summed E-state index contributed by atoms with van der Waals surface area (Å²) in [7, 11) is -3.52. The lowest BCUT2D eigenvalue weighted by Crippen LogP contribution is -2.35. The summed E-state index contributed by atoms with van der Waals surface area (Å²) in [6.45, 7) is 4.49. The molecule has 0 aliphatic rings. The minimum absolute atomic E-state index is 0.435. The molecule has 0 aliphatic heterocycles. The molecule has 0 fully saturated rings. The number of nitrogens with zero attached hydrogens (tertiary/aromatic N) is 2. The van der Waals surface area contributed by atoms with Gasteiger partial charge in [-0.15, -0.1) is 0 Å². The Bertz CT molecular complexity index is 661. The first-order valence-electron chi connectivity index (χ1n) is 6.20. The summed E-state index contributed by atoms with van der Waals surface area (Å²) in [5.74, 6) is 0. The van der Waals surface area contributed by atoms with Crippen molar-refractivity contribution >= 4 is 26.8 Å². The lowest BCUT2D eigenvalue weighted by atomic mass is 10.2. The summed E-state index contributed by atoms with van der Waals surface area (Å²) in [6.07, 6.45) is 1.65. The summed E-state index contributed by atoms with van der Waals surface area (Å²) in [5, 5.41) is 0.905.